The highest BCUT2D eigenvalue weighted by atomic mass is 16.5. The van der Waals surface area contributed by atoms with Crippen molar-refractivity contribution in [3.63, 3.8) is 0 Å². The maximum atomic E-state index is 12.4. The molecule has 1 aromatic carbocycles. The summed E-state index contributed by atoms with van der Waals surface area (Å²) in [5.41, 5.74) is 6.66. The fraction of sp³-hybridized carbons (Fsp3) is 0.500. The summed E-state index contributed by atoms with van der Waals surface area (Å²) in [7, 11) is 0. The van der Waals surface area contributed by atoms with E-state index in [0.29, 0.717) is 17.9 Å². The van der Waals surface area contributed by atoms with E-state index in [9.17, 15) is 9.59 Å². The number of hydrogen-bond donors (Lipinski definition) is 2. The molecule has 114 valence electrons. The fourth-order valence-corrected chi connectivity index (χ4v) is 2.65. The molecule has 1 saturated carbocycles. The first-order chi connectivity index (χ1) is 9.97. The first kappa shape index (κ1) is 15.5. The Labute approximate surface area is 124 Å². The molecular formula is C16H22N2O3. The molecule has 0 radical (unpaired) electrons. The highest BCUT2D eigenvalue weighted by molar-refractivity contribution is 5.96. The van der Waals surface area contributed by atoms with Gasteiger partial charge in [0.2, 0.25) is 5.91 Å². The molecule has 5 heteroatoms. The number of hydrogen-bond acceptors (Lipinski definition) is 4. The van der Waals surface area contributed by atoms with Gasteiger partial charge in [-0.1, -0.05) is 6.42 Å². The molecule has 2 rings (SSSR count). The lowest BCUT2D eigenvalue weighted by Gasteiger charge is -2.27. The van der Waals surface area contributed by atoms with Gasteiger partial charge < -0.3 is 15.8 Å². The average molecular weight is 290 g/mol. The highest BCUT2D eigenvalue weighted by Gasteiger charge is 2.42. The van der Waals surface area contributed by atoms with Gasteiger partial charge in [0.25, 0.3) is 0 Å². The number of nitrogens with two attached hydrogens (primary N) is 1. The SMILES string of the molecule is CCOC(=O)c1ccc(NC(=O)C2(C)CCCC2N)cc1. The average Bonchev–Trinajstić information content (AvgIpc) is 2.81. The second-order valence-corrected chi connectivity index (χ2v) is 5.67. The van der Waals surface area contributed by atoms with Gasteiger partial charge in [0.15, 0.2) is 0 Å². The van der Waals surface area contributed by atoms with Crippen molar-refractivity contribution in [3.8, 4) is 0 Å². The summed E-state index contributed by atoms with van der Waals surface area (Å²) in [6.07, 6.45) is 2.67. The molecule has 1 aliphatic rings. The molecule has 1 aromatic rings. The molecule has 2 atom stereocenters. The Bertz CT molecular complexity index is 527. The summed E-state index contributed by atoms with van der Waals surface area (Å²) in [5, 5.41) is 2.88. The van der Waals surface area contributed by atoms with E-state index < -0.39 is 5.41 Å². The maximum Gasteiger partial charge on any atom is 0.338 e. The van der Waals surface area contributed by atoms with Crippen molar-refractivity contribution in [3.05, 3.63) is 29.8 Å². The fourth-order valence-electron chi connectivity index (χ4n) is 2.65. The molecule has 5 nitrogen and oxygen atoms in total. The van der Waals surface area contributed by atoms with E-state index in [4.69, 9.17) is 10.5 Å². The number of carbonyl (C=O) groups is 2. The second kappa shape index (κ2) is 6.26. The lowest BCUT2D eigenvalue weighted by molar-refractivity contribution is -0.125. The Morgan fingerprint density at radius 1 is 1.38 bits per heavy atom. The Morgan fingerprint density at radius 3 is 2.57 bits per heavy atom. The van der Waals surface area contributed by atoms with Crippen LogP contribution in [0.15, 0.2) is 24.3 Å². The van der Waals surface area contributed by atoms with E-state index in [1.807, 2.05) is 6.92 Å². The number of amides is 1. The minimum absolute atomic E-state index is 0.0589. The van der Waals surface area contributed by atoms with Crippen LogP contribution in [0.3, 0.4) is 0 Å². The summed E-state index contributed by atoms with van der Waals surface area (Å²) in [6.45, 7) is 4.01. The van der Waals surface area contributed by atoms with Gasteiger partial charge in [-0.05, 0) is 51.0 Å². The van der Waals surface area contributed by atoms with E-state index in [0.717, 1.165) is 19.3 Å². The molecule has 1 aliphatic carbocycles. The van der Waals surface area contributed by atoms with Gasteiger partial charge in [-0.3, -0.25) is 4.79 Å². The predicted octanol–water partition coefficient (Wildman–Crippen LogP) is 2.32. The third-order valence-electron chi connectivity index (χ3n) is 4.20. The van der Waals surface area contributed by atoms with Gasteiger partial charge in [-0.25, -0.2) is 4.79 Å². The number of rotatable bonds is 4. The van der Waals surface area contributed by atoms with Crippen molar-refractivity contribution in [2.45, 2.75) is 39.2 Å². The van der Waals surface area contributed by atoms with Crippen LogP contribution in [0.2, 0.25) is 0 Å². The minimum Gasteiger partial charge on any atom is -0.462 e. The van der Waals surface area contributed by atoms with Crippen molar-refractivity contribution in [1.29, 1.82) is 0 Å². The van der Waals surface area contributed by atoms with E-state index in [2.05, 4.69) is 5.32 Å². The first-order valence-corrected chi connectivity index (χ1v) is 7.31. The Kier molecular flexibility index (Phi) is 4.63. The monoisotopic (exact) mass is 290 g/mol. The topological polar surface area (TPSA) is 81.4 Å². The van der Waals surface area contributed by atoms with Crippen LogP contribution in [-0.2, 0) is 9.53 Å². The normalized spacial score (nSPS) is 24.6. The number of benzene rings is 1. The molecule has 0 aromatic heterocycles. The van der Waals surface area contributed by atoms with Crippen molar-refractivity contribution in [2.24, 2.45) is 11.1 Å². The highest BCUT2D eigenvalue weighted by Crippen LogP contribution is 2.37. The van der Waals surface area contributed by atoms with Crippen LogP contribution in [0.25, 0.3) is 0 Å². The molecule has 1 fully saturated rings. The molecule has 0 aliphatic heterocycles. The van der Waals surface area contributed by atoms with Gasteiger partial charge in [0.05, 0.1) is 17.6 Å². The number of ether oxygens (including phenoxy) is 1. The number of anilines is 1. The van der Waals surface area contributed by atoms with Crippen LogP contribution < -0.4 is 11.1 Å². The van der Waals surface area contributed by atoms with E-state index in [1.165, 1.54) is 0 Å². The van der Waals surface area contributed by atoms with Gasteiger partial charge >= 0.3 is 5.97 Å². The maximum absolute atomic E-state index is 12.4. The quantitative estimate of drug-likeness (QED) is 0.834. The number of nitrogens with one attached hydrogen (secondary N) is 1. The molecular weight excluding hydrogens is 268 g/mol. The van der Waals surface area contributed by atoms with Crippen LogP contribution in [0.4, 0.5) is 5.69 Å². The lowest BCUT2D eigenvalue weighted by atomic mass is 9.84. The van der Waals surface area contributed by atoms with E-state index >= 15 is 0 Å². The third-order valence-corrected chi connectivity index (χ3v) is 4.20. The molecule has 2 unspecified atom stereocenters. The summed E-state index contributed by atoms with van der Waals surface area (Å²) >= 11 is 0. The molecule has 1 amide bonds. The van der Waals surface area contributed by atoms with Crippen molar-refractivity contribution in [1.82, 2.24) is 0 Å². The Morgan fingerprint density at radius 2 is 2.05 bits per heavy atom. The standard InChI is InChI=1S/C16H22N2O3/c1-3-21-14(19)11-6-8-12(9-7-11)18-15(20)16(2)10-4-5-13(16)17/h6-9,13H,3-5,10,17H2,1-2H3,(H,18,20). The predicted molar refractivity (Wildman–Crippen MR) is 81.0 cm³/mol. The zero-order chi connectivity index (χ0) is 15.5. The van der Waals surface area contributed by atoms with Crippen LogP contribution in [-0.4, -0.2) is 24.5 Å². The van der Waals surface area contributed by atoms with E-state index in [-0.39, 0.29) is 17.9 Å². The molecule has 0 spiro atoms. The van der Waals surface area contributed by atoms with Crippen LogP contribution in [0.1, 0.15) is 43.5 Å². The summed E-state index contributed by atoms with van der Waals surface area (Å²) in [6, 6.07) is 6.59. The van der Waals surface area contributed by atoms with Gasteiger partial charge in [-0.15, -0.1) is 0 Å². The van der Waals surface area contributed by atoms with Gasteiger partial charge in [-0.2, -0.15) is 0 Å². The largest absolute Gasteiger partial charge is 0.462 e. The molecule has 0 heterocycles. The van der Waals surface area contributed by atoms with Crippen LogP contribution in [0.5, 0.6) is 0 Å². The van der Waals surface area contributed by atoms with E-state index in [1.54, 1.807) is 31.2 Å². The minimum atomic E-state index is -0.514. The first-order valence-electron chi connectivity index (χ1n) is 7.31. The molecule has 0 saturated heterocycles. The zero-order valence-electron chi connectivity index (χ0n) is 12.5. The Balaban J connectivity index is 2.03. The summed E-state index contributed by atoms with van der Waals surface area (Å²) in [4.78, 5) is 23.9. The molecule has 3 N–H and O–H groups in total. The van der Waals surface area contributed by atoms with Crippen LogP contribution in [0, 0.1) is 5.41 Å². The van der Waals surface area contributed by atoms with Crippen molar-refractivity contribution >= 4 is 17.6 Å². The van der Waals surface area contributed by atoms with Crippen molar-refractivity contribution in [2.75, 3.05) is 11.9 Å². The molecule has 21 heavy (non-hydrogen) atoms. The summed E-state index contributed by atoms with van der Waals surface area (Å²) in [5.74, 6) is -0.420. The number of carbonyl (C=O) groups excluding carboxylic acids is 2. The van der Waals surface area contributed by atoms with Gasteiger partial charge in [0.1, 0.15) is 0 Å². The Hall–Kier alpha value is -1.88. The smallest absolute Gasteiger partial charge is 0.338 e. The molecule has 0 bridgehead atoms. The van der Waals surface area contributed by atoms with Crippen LogP contribution >= 0.6 is 0 Å². The zero-order valence-corrected chi connectivity index (χ0v) is 12.5. The third kappa shape index (κ3) is 3.24. The van der Waals surface area contributed by atoms with Crippen molar-refractivity contribution < 1.29 is 14.3 Å². The second-order valence-electron chi connectivity index (χ2n) is 5.67. The van der Waals surface area contributed by atoms with Gasteiger partial charge in [0, 0.05) is 11.7 Å². The number of esters is 1. The lowest BCUT2D eigenvalue weighted by Crippen LogP contribution is -2.44. The summed E-state index contributed by atoms with van der Waals surface area (Å²) < 4.78 is 4.92.